The van der Waals surface area contributed by atoms with Crippen LogP contribution in [-0.2, 0) is 20.2 Å². The Hall–Kier alpha value is -0.680. The predicted octanol–water partition coefficient (Wildman–Crippen LogP) is -2.08. The summed E-state index contributed by atoms with van der Waals surface area (Å²) in [7, 11) is -9.11. The maximum absolute atomic E-state index is 11.2. The summed E-state index contributed by atoms with van der Waals surface area (Å²) in [4.78, 5) is -1.00. The molecule has 0 saturated heterocycles. The average molecular weight is 326 g/mol. The first-order valence-corrected chi connectivity index (χ1v) is 7.76. The Bertz CT molecular complexity index is 876. The van der Waals surface area contributed by atoms with Crippen LogP contribution in [0.5, 0.6) is 0 Å². The number of nitrogens with two attached hydrogens (primary N) is 1. The number of benzene rings is 2. The second kappa shape index (κ2) is 5.60. The Morgan fingerprint density at radius 1 is 0.850 bits per heavy atom. The smallest absolute Gasteiger partial charge is 0.398 e. The molecule has 0 aliphatic carbocycles. The van der Waals surface area contributed by atoms with E-state index in [1.807, 2.05) is 0 Å². The standard InChI is InChI=1S/C10H9NO6S2.Na/c11-7-4-5-8(18(12,13)14)6-2-1-3-9(10(6)7)19(15,16)17;/h1-5H,11H2,(H,12,13,14)(H,15,16,17);/q;+1. The minimum atomic E-state index is -4.57. The molecular formula is C10H9NNaO6S2+. The fraction of sp³-hybridized carbons (Fsp3) is 0. The van der Waals surface area contributed by atoms with Crippen molar-refractivity contribution in [1.29, 1.82) is 0 Å². The summed E-state index contributed by atoms with van der Waals surface area (Å²) in [5, 5.41) is -0.238. The zero-order chi connectivity index (χ0) is 14.4. The van der Waals surface area contributed by atoms with Crippen LogP contribution in [0.4, 0.5) is 5.69 Å². The maximum Gasteiger partial charge on any atom is 1.00 e. The van der Waals surface area contributed by atoms with Gasteiger partial charge in [0.05, 0.1) is 0 Å². The molecule has 0 aliphatic heterocycles. The molecule has 10 heteroatoms. The van der Waals surface area contributed by atoms with E-state index in [-0.39, 0.29) is 46.0 Å². The van der Waals surface area contributed by atoms with E-state index in [0.717, 1.165) is 18.2 Å². The van der Waals surface area contributed by atoms with E-state index in [0.29, 0.717) is 0 Å². The molecule has 4 N–H and O–H groups in total. The predicted molar refractivity (Wildman–Crippen MR) is 68.0 cm³/mol. The Kier molecular flexibility index (Phi) is 4.87. The third-order valence-electron chi connectivity index (χ3n) is 2.55. The molecule has 20 heavy (non-hydrogen) atoms. The number of fused-ring (bicyclic) bond motifs is 1. The first-order valence-electron chi connectivity index (χ1n) is 4.88. The van der Waals surface area contributed by atoms with Crippen LogP contribution in [0.3, 0.4) is 0 Å². The van der Waals surface area contributed by atoms with Crippen LogP contribution in [0.15, 0.2) is 40.1 Å². The van der Waals surface area contributed by atoms with Gasteiger partial charge in [0.1, 0.15) is 9.79 Å². The van der Waals surface area contributed by atoms with E-state index < -0.39 is 30.0 Å². The van der Waals surface area contributed by atoms with E-state index in [4.69, 9.17) is 14.8 Å². The SMILES string of the molecule is Nc1ccc(S(=O)(=O)O)c2cccc(S(=O)(=O)O)c12.[Na+]. The summed E-state index contributed by atoms with van der Waals surface area (Å²) < 4.78 is 63.1. The average Bonchev–Trinajstić information content (AvgIpc) is 2.25. The van der Waals surface area contributed by atoms with Gasteiger partial charge in [-0.1, -0.05) is 12.1 Å². The van der Waals surface area contributed by atoms with Crippen molar-refractivity contribution in [2.45, 2.75) is 9.79 Å². The van der Waals surface area contributed by atoms with Crippen LogP contribution in [0.25, 0.3) is 10.8 Å². The Morgan fingerprint density at radius 3 is 1.90 bits per heavy atom. The van der Waals surface area contributed by atoms with Gasteiger partial charge in [-0.2, -0.15) is 16.8 Å². The first-order chi connectivity index (χ1) is 8.62. The first kappa shape index (κ1) is 17.4. The molecule has 2 aromatic carbocycles. The van der Waals surface area contributed by atoms with E-state index in [2.05, 4.69) is 0 Å². The molecule has 7 nitrogen and oxygen atoms in total. The van der Waals surface area contributed by atoms with Crippen molar-refractivity contribution in [3.63, 3.8) is 0 Å². The van der Waals surface area contributed by atoms with Crippen LogP contribution in [0, 0.1) is 0 Å². The molecule has 102 valence electrons. The Labute approximate surface area is 137 Å². The number of anilines is 1. The summed E-state index contributed by atoms with van der Waals surface area (Å²) >= 11 is 0. The molecule has 2 rings (SSSR count). The molecule has 0 fully saturated rings. The quantitative estimate of drug-likeness (QED) is 0.327. The van der Waals surface area contributed by atoms with Crippen molar-refractivity contribution < 1.29 is 55.5 Å². The molecule has 2 aromatic rings. The summed E-state index contributed by atoms with van der Waals surface area (Å²) in [6.07, 6.45) is 0. The summed E-state index contributed by atoms with van der Waals surface area (Å²) in [5.41, 5.74) is 5.58. The van der Waals surface area contributed by atoms with Gasteiger partial charge in [-0.15, -0.1) is 0 Å². The summed E-state index contributed by atoms with van der Waals surface area (Å²) in [5.74, 6) is 0. The zero-order valence-electron chi connectivity index (χ0n) is 10.3. The minimum absolute atomic E-state index is 0. The van der Waals surface area contributed by atoms with Gasteiger partial charge >= 0.3 is 29.6 Å². The van der Waals surface area contributed by atoms with E-state index in [1.165, 1.54) is 12.1 Å². The second-order valence-corrected chi connectivity index (χ2v) is 6.56. The van der Waals surface area contributed by atoms with Gasteiger partial charge in [-0.05, 0) is 18.2 Å². The zero-order valence-corrected chi connectivity index (χ0v) is 13.9. The molecule has 0 amide bonds. The van der Waals surface area contributed by atoms with Crippen molar-refractivity contribution in [3.05, 3.63) is 30.3 Å². The third kappa shape index (κ3) is 3.14. The van der Waals surface area contributed by atoms with E-state index >= 15 is 0 Å². The van der Waals surface area contributed by atoms with Gasteiger partial charge in [-0.25, -0.2) is 0 Å². The summed E-state index contributed by atoms with van der Waals surface area (Å²) in [6.45, 7) is 0. The molecule has 0 aromatic heterocycles. The molecule has 0 bridgehead atoms. The molecule has 0 unspecified atom stereocenters. The van der Waals surface area contributed by atoms with Crippen molar-refractivity contribution in [2.75, 3.05) is 5.73 Å². The largest absolute Gasteiger partial charge is 1.00 e. The van der Waals surface area contributed by atoms with Gasteiger partial charge in [0.2, 0.25) is 0 Å². The van der Waals surface area contributed by atoms with Crippen molar-refractivity contribution in [3.8, 4) is 0 Å². The fourth-order valence-electron chi connectivity index (χ4n) is 1.81. The number of nitrogen functional groups attached to an aromatic ring is 1. The number of hydrogen-bond donors (Lipinski definition) is 3. The molecule has 0 spiro atoms. The van der Waals surface area contributed by atoms with Crippen LogP contribution >= 0.6 is 0 Å². The molecule has 0 heterocycles. The van der Waals surface area contributed by atoms with Crippen LogP contribution in [-0.4, -0.2) is 25.9 Å². The van der Waals surface area contributed by atoms with Crippen molar-refractivity contribution in [1.82, 2.24) is 0 Å². The van der Waals surface area contributed by atoms with Crippen molar-refractivity contribution in [2.24, 2.45) is 0 Å². The van der Waals surface area contributed by atoms with Gasteiger partial charge in [0.25, 0.3) is 20.2 Å². The van der Waals surface area contributed by atoms with Gasteiger partial charge in [-0.3, -0.25) is 9.11 Å². The molecule has 0 aliphatic rings. The van der Waals surface area contributed by atoms with Crippen LogP contribution < -0.4 is 35.3 Å². The van der Waals surface area contributed by atoms with E-state index in [9.17, 15) is 16.8 Å². The minimum Gasteiger partial charge on any atom is -0.398 e. The number of rotatable bonds is 2. The fourth-order valence-corrected chi connectivity index (χ4v) is 3.24. The van der Waals surface area contributed by atoms with Gasteiger partial charge in [0, 0.05) is 16.5 Å². The Morgan fingerprint density at radius 2 is 1.40 bits per heavy atom. The van der Waals surface area contributed by atoms with Crippen molar-refractivity contribution >= 4 is 36.7 Å². The van der Waals surface area contributed by atoms with E-state index in [1.54, 1.807) is 0 Å². The maximum atomic E-state index is 11.2. The normalized spacial score (nSPS) is 12.1. The second-order valence-electron chi connectivity index (χ2n) is 3.78. The third-order valence-corrected chi connectivity index (χ3v) is 4.36. The Balaban J connectivity index is 0.00000200. The van der Waals surface area contributed by atoms with Gasteiger partial charge < -0.3 is 5.73 Å². The molecule has 0 radical (unpaired) electrons. The topological polar surface area (TPSA) is 135 Å². The van der Waals surface area contributed by atoms with Crippen LogP contribution in [0.1, 0.15) is 0 Å². The molecule has 0 saturated carbocycles. The van der Waals surface area contributed by atoms with Crippen LogP contribution in [0.2, 0.25) is 0 Å². The monoisotopic (exact) mass is 326 g/mol. The number of hydrogen-bond acceptors (Lipinski definition) is 5. The van der Waals surface area contributed by atoms with Gasteiger partial charge in [0.15, 0.2) is 0 Å². The molecular weight excluding hydrogens is 317 g/mol. The molecule has 0 atom stereocenters. The summed E-state index contributed by atoms with van der Waals surface area (Å²) in [6, 6.07) is 5.80.